The van der Waals surface area contributed by atoms with Crippen molar-refractivity contribution >= 4 is 28.8 Å². The van der Waals surface area contributed by atoms with Crippen molar-refractivity contribution in [3.63, 3.8) is 0 Å². The normalized spacial score (nSPS) is 34.6. The van der Waals surface area contributed by atoms with E-state index in [0.29, 0.717) is 0 Å². The molecule has 3 fully saturated rings. The lowest BCUT2D eigenvalue weighted by Gasteiger charge is -2.45. The summed E-state index contributed by atoms with van der Waals surface area (Å²) < 4.78 is 15.4. The van der Waals surface area contributed by atoms with Gasteiger partial charge in [-0.05, 0) is 46.7 Å². The average Bonchev–Trinajstić information content (AvgIpc) is 3.13. The van der Waals surface area contributed by atoms with Gasteiger partial charge in [0.2, 0.25) is 0 Å². The van der Waals surface area contributed by atoms with Crippen LogP contribution in [0.5, 0.6) is 5.75 Å². The quantitative estimate of drug-likeness (QED) is 0.0848. The van der Waals surface area contributed by atoms with Crippen LogP contribution in [0, 0.1) is 5.41 Å². The van der Waals surface area contributed by atoms with E-state index in [9.17, 15) is 55.2 Å². The third-order valence-electron chi connectivity index (χ3n) is 9.13. The highest BCUT2D eigenvalue weighted by Crippen LogP contribution is 2.49. The Kier molecular flexibility index (Phi) is 7.21. The molecule has 2 aliphatic heterocycles. The maximum absolute atomic E-state index is 13.9. The fourth-order valence-corrected chi connectivity index (χ4v) is 6.58. The summed E-state index contributed by atoms with van der Waals surface area (Å²) in [7, 11) is 0. The highest BCUT2D eigenvalue weighted by atomic mass is 16.7. The predicted octanol–water partition coefficient (Wildman–Crippen LogP) is -3.06. The average molecular weight is 618 g/mol. The van der Waals surface area contributed by atoms with Crippen molar-refractivity contribution in [3.05, 3.63) is 56.8 Å². The summed E-state index contributed by atoms with van der Waals surface area (Å²) >= 11 is 0. The summed E-state index contributed by atoms with van der Waals surface area (Å²) in [6.07, 6.45) is -8.04. The van der Waals surface area contributed by atoms with Gasteiger partial charge in [0.25, 0.3) is 0 Å². The number of nitrogens with two attached hydrogens (primary N) is 1. The van der Waals surface area contributed by atoms with Crippen LogP contribution in [0.15, 0.2) is 34.6 Å². The van der Waals surface area contributed by atoms with Crippen LogP contribution in [-0.2, 0) is 30.2 Å². The fraction of sp³-hybridized carbons (Fsp3) is 0.483. The first-order valence-corrected chi connectivity index (χ1v) is 13.8. The number of cyclic esters (lactones) is 2. The highest BCUT2D eigenvalue weighted by Gasteiger charge is 2.59. The second-order valence-electron chi connectivity index (χ2n) is 11.8. The molecule has 7 unspecified atom stereocenters. The van der Waals surface area contributed by atoms with Gasteiger partial charge in [0, 0.05) is 18.4 Å². The number of carbonyl (C=O) groups excluding carboxylic acids is 2. The minimum Gasteiger partial charge on any atom is -0.507 e. The molecule has 0 radical (unpaired) electrons. The molecule has 10 N–H and O–H groups in total. The summed E-state index contributed by atoms with van der Waals surface area (Å²) in [5, 5.41) is 83.3. The summed E-state index contributed by atoms with van der Waals surface area (Å²) in [4.78, 5) is 39.5. The number of aliphatic hydroxyl groups is 7. The molecular weight excluding hydrogens is 586 g/mol. The van der Waals surface area contributed by atoms with Crippen molar-refractivity contribution in [1.82, 2.24) is 0 Å². The summed E-state index contributed by atoms with van der Waals surface area (Å²) in [6.45, 7) is -1.43. The molecule has 2 aromatic rings. The summed E-state index contributed by atoms with van der Waals surface area (Å²) in [5.41, 5.74) is 1.33. The number of rotatable bonds is 7. The molecule has 7 atom stereocenters. The number of hydrogen-bond donors (Lipinski definition) is 9. The molecule has 2 saturated heterocycles. The van der Waals surface area contributed by atoms with E-state index in [1.54, 1.807) is 0 Å². The molecule has 6 rings (SSSR count). The summed E-state index contributed by atoms with van der Waals surface area (Å²) in [5.74, 6) is -6.09. The zero-order chi connectivity index (χ0) is 31.9. The second-order valence-corrected chi connectivity index (χ2v) is 11.8. The number of hydrogen-bond acceptors (Lipinski definition) is 15. The topological polar surface area (TPSA) is 267 Å². The van der Waals surface area contributed by atoms with Crippen LogP contribution < -0.4 is 11.2 Å². The highest BCUT2D eigenvalue weighted by molar-refractivity contribution is 6.14. The minimum absolute atomic E-state index is 0.0749. The Hall–Kier alpha value is -3.35. The maximum Gasteiger partial charge on any atom is 0.331 e. The molecule has 15 nitrogen and oxygen atoms in total. The Morgan fingerprint density at radius 3 is 2.39 bits per heavy atom. The van der Waals surface area contributed by atoms with Gasteiger partial charge in [-0.15, -0.1) is 0 Å². The Morgan fingerprint density at radius 1 is 1.02 bits per heavy atom. The Labute approximate surface area is 247 Å². The first-order valence-electron chi connectivity index (χ1n) is 13.8. The van der Waals surface area contributed by atoms with Gasteiger partial charge in [0.15, 0.2) is 28.6 Å². The molecule has 44 heavy (non-hydrogen) atoms. The smallest absolute Gasteiger partial charge is 0.331 e. The summed E-state index contributed by atoms with van der Waals surface area (Å²) in [6, 6.07) is 5.46. The van der Waals surface area contributed by atoms with E-state index in [1.807, 2.05) is 0 Å². The Morgan fingerprint density at radius 2 is 1.73 bits per heavy atom. The molecule has 2 aromatic carbocycles. The van der Waals surface area contributed by atoms with Crippen molar-refractivity contribution < 1.29 is 64.7 Å². The SMILES string of the molecule is NC1(CO)OC(OCCC2(Cc3cc4cc5c(ccc(O)c5c3=O)C3C(O)C/C(=C/4)C3(O)O)C(=O)OC2=O)C(O)C(O)C1O. The molecule has 2 aliphatic carbocycles. The minimum atomic E-state index is -2.46. The van der Waals surface area contributed by atoms with Gasteiger partial charge < -0.3 is 55.1 Å². The van der Waals surface area contributed by atoms with Crippen molar-refractivity contribution in [2.45, 2.75) is 67.4 Å². The second kappa shape index (κ2) is 10.3. The molecule has 15 heteroatoms. The van der Waals surface area contributed by atoms with Crippen molar-refractivity contribution in [2.75, 3.05) is 13.2 Å². The predicted molar refractivity (Wildman–Crippen MR) is 145 cm³/mol. The zero-order valence-electron chi connectivity index (χ0n) is 23.0. The number of fused-ring (bicyclic) bond motifs is 4. The van der Waals surface area contributed by atoms with E-state index in [2.05, 4.69) is 4.74 Å². The molecule has 236 valence electrons. The van der Waals surface area contributed by atoms with Crippen LogP contribution in [0.2, 0.25) is 0 Å². The van der Waals surface area contributed by atoms with Crippen LogP contribution in [0.1, 0.15) is 35.4 Å². The first kappa shape index (κ1) is 30.7. The molecule has 4 bridgehead atoms. The number of phenols is 1. The molecule has 0 spiro atoms. The van der Waals surface area contributed by atoms with Crippen LogP contribution in [0.25, 0.3) is 16.8 Å². The molecular formula is C29H31NO14. The van der Waals surface area contributed by atoms with Gasteiger partial charge in [-0.1, -0.05) is 12.1 Å². The van der Waals surface area contributed by atoms with Gasteiger partial charge in [0.1, 0.15) is 24.1 Å². The molecule has 0 amide bonds. The lowest BCUT2D eigenvalue weighted by atomic mass is 9.75. The van der Waals surface area contributed by atoms with Crippen LogP contribution in [0.3, 0.4) is 0 Å². The molecule has 2 heterocycles. The van der Waals surface area contributed by atoms with Crippen molar-refractivity contribution in [3.8, 4) is 5.75 Å². The van der Waals surface area contributed by atoms with E-state index in [-0.39, 0.29) is 39.5 Å². The van der Waals surface area contributed by atoms with Crippen LogP contribution in [-0.4, -0.2) is 108 Å². The monoisotopic (exact) mass is 617 g/mol. The van der Waals surface area contributed by atoms with E-state index in [1.165, 1.54) is 30.3 Å². The first-order chi connectivity index (χ1) is 20.6. The van der Waals surface area contributed by atoms with Gasteiger partial charge in [-0.25, -0.2) is 0 Å². The zero-order valence-corrected chi connectivity index (χ0v) is 23.0. The maximum atomic E-state index is 13.9. The third-order valence-corrected chi connectivity index (χ3v) is 9.13. The van der Waals surface area contributed by atoms with E-state index >= 15 is 0 Å². The van der Waals surface area contributed by atoms with Gasteiger partial charge in [-0.3, -0.25) is 20.1 Å². The van der Waals surface area contributed by atoms with Gasteiger partial charge >= 0.3 is 11.9 Å². The third kappa shape index (κ3) is 4.40. The molecule has 1 saturated carbocycles. The van der Waals surface area contributed by atoms with E-state index in [4.69, 9.17) is 15.2 Å². The number of benzene rings is 1. The van der Waals surface area contributed by atoms with E-state index < -0.39 is 103 Å². The van der Waals surface area contributed by atoms with Gasteiger partial charge in [-0.2, -0.15) is 0 Å². The number of aliphatic hydroxyl groups excluding tert-OH is 5. The standard InChI is InChI=1S/C29H31NO14/c30-28(10-31)23(37)21(35)22(36)24(44-28)42-4-3-27(25(38)43-26(27)39)9-12-5-11-6-13-8-17(33)19(29(13,40)41)14-1-2-16(32)18(20(12)34)15(14)7-11/h1-2,5-7,17,19,21-24,31-33,35-37,40-41H,3-4,8-10,30H2/b13-6-. The van der Waals surface area contributed by atoms with Gasteiger partial charge in [0.05, 0.1) is 30.6 Å². The van der Waals surface area contributed by atoms with E-state index in [0.717, 1.165) is 0 Å². The largest absolute Gasteiger partial charge is 0.507 e. The Balaban J connectivity index is 1.37. The lowest BCUT2D eigenvalue weighted by molar-refractivity contribution is -0.337. The Bertz CT molecular complexity index is 1640. The van der Waals surface area contributed by atoms with Crippen LogP contribution in [0.4, 0.5) is 0 Å². The fourth-order valence-electron chi connectivity index (χ4n) is 6.58. The number of esters is 2. The number of ether oxygens (including phenoxy) is 3. The number of aromatic hydroxyl groups is 1. The number of phenolic OH excluding ortho intramolecular Hbond substituents is 1. The van der Waals surface area contributed by atoms with Crippen molar-refractivity contribution in [2.24, 2.45) is 11.1 Å². The molecule has 0 aromatic heterocycles. The van der Waals surface area contributed by atoms with Crippen LogP contribution >= 0.6 is 0 Å². The van der Waals surface area contributed by atoms with Crippen molar-refractivity contribution in [1.29, 1.82) is 0 Å². The molecule has 4 aliphatic rings. The number of carbonyl (C=O) groups is 2. The lowest BCUT2D eigenvalue weighted by Crippen LogP contribution is -2.70.